The summed E-state index contributed by atoms with van der Waals surface area (Å²) in [5.74, 6) is 2.06. The number of nitrogens with one attached hydrogen (secondary N) is 1. The van der Waals surface area contributed by atoms with E-state index in [0.717, 1.165) is 33.9 Å². The molecular formula is C23H29NO4. The third kappa shape index (κ3) is 4.41. The number of hydrogen-bond donors (Lipinski definition) is 1. The van der Waals surface area contributed by atoms with Crippen molar-refractivity contribution in [1.82, 2.24) is 5.32 Å². The molecule has 1 aliphatic rings. The first kappa shape index (κ1) is 20.1. The van der Waals surface area contributed by atoms with Crippen LogP contribution in [-0.2, 0) is 4.79 Å². The van der Waals surface area contributed by atoms with Crippen LogP contribution in [-0.4, -0.2) is 24.7 Å². The summed E-state index contributed by atoms with van der Waals surface area (Å²) in [5, 5.41) is 3.14. The molecule has 1 N–H and O–H groups in total. The molecule has 1 aliphatic heterocycles. The summed E-state index contributed by atoms with van der Waals surface area (Å²) in [7, 11) is 1.63. The second-order valence-electron chi connectivity index (χ2n) is 8.06. The van der Waals surface area contributed by atoms with Gasteiger partial charge in [-0.05, 0) is 63.9 Å². The third-order valence-electron chi connectivity index (χ3n) is 5.01. The minimum absolute atomic E-state index is 0.148. The van der Waals surface area contributed by atoms with Crippen molar-refractivity contribution in [3.8, 4) is 17.2 Å². The van der Waals surface area contributed by atoms with Gasteiger partial charge in [-0.1, -0.05) is 12.1 Å². The molecule has 0 fully saturated rings. The largest absolute Gasteiger partial charge is 0.497 e. The van der Waals surface area contributed by atoms with Crippen LogP contribution in [0.4, 0.5) is 0 Å². The minimum Gasteiger partial charge on any atom is -0.497 e. The summed E-state index contributed by atoms with van der Waals surface area (Å²) in [6.07, 6.45) is 0.0713. The molecule has 5 nitrogen and oxygen atoms in total. The van der Waals surface area contributed by atoms with Gasteiger partial charge in [0.2, 0.25) is 0 Å². The van der Waals surface area contributed by atoms with Crippen molar-refractivity contribution in [3.63, 3.8) is 0 Å². The lowest BCUT2D eigenvalue weighted by molar-refractivity contribution is -0.128. The molecule has 150 valence electrons. The highest BCUT2D eigenvalue weighted by atomic mass is 16.5. The molecule has 0 bridgehead atoms. The maximum absolute atomic E-state index is 12.9. The number of methoxy groups -OCH3 is 1. The zero-order valence-electron chi connectivity index (χ0n) is 17.5. The quantitative estimate of drug-likeness (QED) is 0.826. The molecule has 0 aromatic heterocycles. The van der Waals surface area contributed by atoms with Crippen LogP contribution in [0.15, 0.2) is 36.4 Å². The summed E-state index contributed by atoms with van der Waals surface area (Å²) in [6, 6.07) is 11.5. The van der Waals surface area contributed by atoms with Crippen LogP contribution >= 0.6 is 0 Å². The number of aryl methyl sites for hydroxylation is 2. The van der Waals surface area contributed by atoms with E-state index in [1.54, 1.807) is 14.0 Å². The van der Waals surface area contributed by atoms with Crippen molar-refractivity contribution in [2.24, 2.45) is 0 Å². The molecule has 5 heteroatoms. The molecule has 3 rings (SSSR count). The Bertz CT molecular complexity index is 875. The van der Waals surface area contributed by atoms with Gasteiger partial charge in [0, 0.05) is 18.1 Å². The van der Waals surface area contributed by atoms with Gasteiger partial charge in [-0.25, -0.2) is 0 Å². The van der Waals surface area contributed by atoms with Gasteiger partial charge in [0.05, 0.1) is 13.2 Å². The minimum atomic E-state index is -0.604. The lowest BCUT2D eigenvalue weighted by Gasteiger charge is -2.38. The van der Waals surface area contributed by atoms with E-state index in [1.807, 2.05) is 64.1 Å². The predicted octanol–water partition coefficient (Wildman–Crippen LogP) is 4.50. The van der Waals surface area contributed by atoms with Gasteiger partial charge in [-0.2, -0.15) is 0 Å². The van der Waals surface area contributed by atoms with Gasteiger partial charge in [-0.15, -0.1) is 0 Å². The molecule has 2 atom stereocenters. The van der Waals surface area contributed by atoms with Gasteiger partial charge in [0.1, 0.15) is 22.8 Å². The highest BCUT2D eigenvalue weighted by Crippen LogP contribution is 2.41. The van der Waals surface area contributed by atoms with Gasteiger partial charge >= 0.3 is 0 Å². The number of benzene rings is 2. The fraction of sp³-hybridized carbons (Fsp3) is 0.435. The van der Waals surface area contributed by atoms with Crippen LogP contribution in [0.25, 0.3) is 0 Å². The van der Waals surface area contributed by atoms with Gasteiger partial charge in [-0.3, -0.25) is 4.79 Å². The van der Waals surface area contributed by atoms with Crippen LogP contribution in [0, 0.1) is 13.8 Å². The predicted molar refractivity (Wildman–Crippen MR) is 109 cm³/mol. The zero-order valence-corrected chi connectivity index (χ0v) is 17.5. The van der Waals surface area contributed by atoms with E-state index in [9.17, 15) is 4.79 Å². The Kier molecular flexibility index (Phi) is 5.54. The SMILES string of the molecule is COc1ccc2c(c1)OC(C)(C)C[C@H]2NC(=O)[C@@H](C)Oc1cc(C)ccc1C. The Labute approximate surface area is 167 Å². The Morgan fingerprint density at radius 1 is 1.21 bits per heavy atom. The Morgan fingerprint density at radius 3 is 2.68 bits per heavy atom. The average molecular weight is 383 g/mol. The molecule has 2 aromatic rings. The highest BCUT2D eigenvalue weighted by Gasteiger charge is 2.35. The molecule has 2 aromatic carbocycles. The van der Waals surface area contributed by atoms with Gasteiger partial charge in [0.15, 0.2) is 6.10 Å². The molecular weight excluding hydrogens is 354 g/mol. The van der Waals surface area contributed by atoms with Crippen molar-refractivity contribution in [2.75, 3.05) is 7.11 Å². The number of ether oxygens (including phenoxy) is 3. The molecule has 1 amide bonds. The number of hydrogen-bond acceptors (Lipinski definition) is 4. The average Bonchev–Trinajstić information content (AvgIpc) is 2.63. The first-order valence-corrected chi connectivity index (χ1v) is 9.60. The maximum Gasteiger partial charge on any atom is 0.261 e. The standard InChI is InChI=1S/C23H29NO4/c1-14-7-8-15(2)20(11-14)27-16(3)22(25)24-19-13-23(4,5)28-21-12-17(26-6)9-10-18(19)21/h7-12,16,19H,13H2,1-6H3,(H,24,25)/t16-,19-/m1/s1. The number of carbonyl (C=O) groups excluding carboxylic acids is 1. The number of rotatable bonds is 5. The lowest BCUT2D eigenvalue weighted by atomic mass is 9.89. The van der Waals surface area contributed by atoms with Gasteiger partial charge < -0.3 is 19.5 Å². The van der Waals surface area contributed by atoms with E-state index in [1.165, 1.54) is 0 Å². The monoisotopic (exact) mass is 383 g/mol. The summed E-state index contributed by atoms with van der Waals surface area (Å²) >= 11 is 0. The first-order chi connectivity index (χ1) is 13.2. The number of fused-ring (bicyclic) bond motifs is 1. The number of amides is 1. The molecule has 1 heterocycles. The van der Waals surface area contributed by atoms with Crippen LogP contribution in [0.3, 0.4) is 0 Å². The topological polar surface area (TPSA) is 56.8 Å². The van der Waals surface area contributed by atoms with Crippen LogP contribution in [0.1, 0.15) is 49.9 Å². The normalized spacial score (nSPS) is 18.4. The summed E-state index contributed by atoms with van der Waals surface area (Å²) in [6.45, 7) is 9.79. The summed E-state index contributed by atoms with van der Waals surface area (Å²) in [5.41, 5.74) is 2.67. The van der Waals surface area contributed by atoms with E-state index in [2.05, 4.69) is 5.32 Å². The fourth-order valence-corrected chi connectivity index (χ4v) is 3.45. The fourth-order valence-electron chi connectivity index (χ4n) is 3.45. The second kappa shape index (κ2) is 7.74. The first-order valence-electron chi connectivity index (χ1n) is 9.60. The van der Waals surface area contributed by atoms with Crippen molar-refractivity contribution < 1.29 is 19.0 Å². The van der Waals surface area contributed by atoms with Crippen molar-refractivity contribution >= 4 is 5.91 Å². The van der Waals surface area contributed by atoms with E-state index in [-0.39, 0.29) is 11.9 Å². The Hall–Kier alpha value is -2.69. The Morgan fingerprint density at radius 2 is 1.96 bits per heavy atom. The van der Waals surface area contributed by atoms with Crippen molar-refractivity contribution in [2.45, 2.75) is 58.8 Å². The van der Waals surface area contributed by atoms with E-state index in [4.69, 9.17) is 14.2 Å². The van der Waals surface area contributed by atoms with E-state index < -0.39 is 11.7 Å². The van der Waals surface area contributed by atoms with Crippen LogP contribution in [0.5, 0.6) is 17.2 Å². The zero-order chi connectivity index (χ0) is 20.5. The molecule has 28 heavy (non-hydrogen) atoms. The van der Waals surface area contributed by atoms with Crippen LogP contribution in [0.2, 0.25) is 0 Å². The molecule has 0 saturated heterocycles. The molecule has 0 spiro atoms. The molecule has 0 unspecified atom stereocenters. The highest BCUT2D eigenvalue weighted by molar-refractivity contribution is 5.81. The smallest absolute Gasteiger partial charge is 0.261 e. The summed E-state index contributed by atoms with van der Waals surface area (Å²) < 4.78 is 17.3. The molecule has 0 radical (unpaired) electrons. The lowest BCUT2D eigenvalue weighted by Crippen LogP contribution is -2.44. The van der Waals surface area contributed by atoms with Crippen molar-refractivity contribution in [1.29, 1.82) is 0 Å². The number of carbonyl (C=O) groups is 1. The van der Waals surface area contributed by atoms with E-state index >= 15 is 0 Å². The maximum atomic E-state index is 12.9. The third-order valence-corrected chi connectivity index (χ3v) is 5.01. The van der Waals surface area contributed by atoms with Crippen molar-refractivity contribution in [3.05, 3.63) is 53.1 Å². The Balaban J connectivity index is 1.77. The van der Waals surface area contributed by atoms with Gasteiger partial charge in [0.25, 0.3) is 5.91 Å². The van der Waals surface area contributed by atoms with E-state index in [0.29, 0.717) is 6.42 Å². The molecule has 0 aliphatic carbocycles. The molecule has 0 saturated carbocycles. The second-order valence-corrected chi connectivity index (χ2v) is 8.06. The van der Waals surface area contributed by atoms with Crippen LogP contribution < -0.4 is 19.5 Å². The summed E-state index contributed by atoms with van der Waals surface area (Å²) in [4.78, 5) is 12.9.